The first-order chi connectivity index (χ1) is 24.2. The van der Waals surface area contributed by atoms with Crippen molar-refractivity contribution in [3.63, 3.8) is 0 Å². The molecule has 0 aromatic heterocycles. The van der Waals surface area contributed by atoms with Crippen LogP contribution < -0.4 is 39.7 Å². The van der Waals surface area contributed by atoms with E-state index in [0.717, 1.165) is 35.1 Å². The van der Waals surface area contributed by atoms with Crippen LogP contribution >= 0.6 is 11.8 Å². The lowest BCUT2D eigenvalue weighted by Gasteiger charge is -2.30. The van der Waals surface area contributed by atoms with Crippen LogP contribution in [-0.4, -0.2) is 76.9 Å². The number of methoxy groups -OCH3 is 5. The van der Waals surface area contributed by atoms with Gasteiger partial charge in [-0.1, -0.05) is 6.07 Å². The Kier molecular flexibility index (Phi) is 12.0. The fourth-order valence-electron chi connectivity index (χ4n) is 7.16. The lowest BCUT2D eigenvalue weighted by atomic mass is 9.95. The molecule has 5 rings (SSSR count). The SMILES string of the molecule is COc1ccc([C@@H]2CCCN2C(=O)[C@H](CCSC)Nc2ccc3c(cc2=O)[C@@H](NC(C)=O)CCc2cc(OC)c(OC)c(OC)c2-3)c(OC)c1. The number of carbonyl (C=O) groups is 2. The van der Waals surface area contributed by atoms with Crippen LogP contribution in [0.3, 0.4) is 0 Å². The lowest BCUT2D eigenvalue weighted by Crippen LogP contribution is -2.43. The zero-order valence-corrected chi connectivity index (χ0v) is 30.7. The molecule has 0 unspecified atom stereocenters. The fraction of sp³-hybridized carbons (Fsp3) is 0.447. The summed E-state index contributed by atoms with van der Waals surface area (Å²) in [6.45, 7) is 2.06. The molecule has 3 aromatic rings. The Bertz CT molecular complexity index is 1780. The van der Waals surface area contributed by atoms with Crippen molar-refractivity contribution in [2.45, 2.75) is 57.2 Å². The van der Waals surface area contributed by atoms with Crippen molar-refractivity contribution in [2.75, 3.05) is 59.4 Å². The molecule has 50 heavy (non-hydrogen) atoms. The van der Waals surface area contributed by atoms with E-state index in [-0.39, 0.29) is 29.0 Å². The van der Waals surface area contributed by atoms with Crippen molar-refractivity contribution in [3.8, 4) is 39.9 Å². The molecule has 1 aliphatic carbocycles. The normalized spacial score (nSPS) is 17.1. The third kappa shape index (κ3) is 7.45. The zero-order valence-electron chi connectivity index (χ0n) is 29.8. The van der Waals surface area contributed by atoms with Crippen LogP contribution in [0.4, 0.5) is 5.69 Å². The van der Waals surface area contributed by atoms with Crippen LogP contribution in [0.1, 0.15) is 61.4 Å². The summed E-state index contributed by atoms with van der Waals surface area (Å²) in [6, 6.07) is 11.5. The molecular weight excluding hydrogens is 658 g/mol. The van der Waals surface area contributed by atoms with Gasteiger partial charge in [0.25, 0.3) is 0 Å². The first-order valence-corrected chi connectivity index (χ1v) is 18.1. The minimum atomic E-state index is -0.653. The number of nitrogens with one attached hydrogen (secondary N) is 2. The molecule has 2 amide bonds. The summed E-state index contributed by atoms with van der Waals surface area (Å²) in [5.74, 6) is 3.21. The predicted octanol–water partition coefficient (Wildman–Crippen LogP) is 5.78. The molecule has 0 radical (unpaired) electrons. The smallest absolute Gasteiger partial charge is 0.245 e. The van der Waals surface area contributed by atoms with E-state index in [0.29, 0.717) is 65.9 Å². The van der Waals surface area contributed by atoms with Crippen molar-refractivity contribution < 1.29 is 33.3 Å². The highest BCUT2D eigenvalue weighted by molar-refractivity contribution is 7.98. The topological polar surface area (TPSA) is 125 Å². The molecule has 1 aliphatic heterocycles. The number of amides is 2. The van der Waals surface area contributed by atoms with E-state index in [9.17, 15) is 14.4 Å². The van der Waals surface area contributed by atoms with Gasteiger partial charge in [0.05, 0.1) is 53.3 Å². The summed E-state index contributed by atoms with van der Waals surface area (Å²) < 4.78 is 28.4. The molecule has 2 N–H and O–H groups in total. The first kappa shape index (κ1) is 36.7. The Hall–Kier alpha value is -4.58. The van der Waals surface area contributed by atoms with Gasteiger partial charge in [-0.15, -0.1) is 0 Å². The quantitative estimate of drug-likeness (QED) is 0.226. The standard InChI is InChI=1S/C38H47N3O8S/c1-22(42)39-28-14-10-23-19-34(47-4)36(48-5)37(49-6)35(23)25-13-15-29(32(43)21-27(25)28)40-30(16-18-50-7)38(44)41-17-8-9-31(41)26-12-11-24(45-2)20-33(26)46-3/h11-13,15,19-21,28,30-31H,8-10,14,16-18H2,1-7H3,(H,39,42)(H,40,43)/t28-,30-,31-/m0/s1. The second-order valence-electron chi connectivity index (χ2n) is 12.4. The average molecular weight is 706 g/mol. The van der Waals surface area contributed by atoms with Crippen LogP contribution in [0.25, 0.3) is 11.1 Å². The van der Waals surface area contributed by atoms with Gasteiger partial charge in [0.1, 0.15) is 17.5 Å². The van der Waals surface area contributed by atoms with Gasteiger partial charge in [-0.25, -0.2) is 0 Å². The number of hydrogen-bond donors (Lipinski definition) is 2. The highest BCUT2D eigenvalue weighted by Gasteiger charge is 2.36. The van der Waals surface area contributed by atoms with Crippen molar-refractivity contribution in [1.29, 1.82) is 0 Å². The van der Waals surface area contributed by atoms with Gasteiger partial charge in [0.15, 0.2) is 11.5 Å². The highest BCUT2D eigenvalue weighted by Crippen LogP contribution is 2.50. The molecule has 268 valence electrons. The second-order valence-corrected chi connectivity index (χ2v) is 13.4. The largest absolute Gasteiger partial charge is 0.497 e. The van der Waals surface area contributed by atoms with Crippen molar-refractivity contribution >= 4 is 29.3 Å². The van der Waals surface area contributed by atoms with Crippen LogP contribution in [0.5, 0.6) is 28.7 Å². The van der Waals surface area contributed by atoms with Gasteiger partial charge in [-0.2, -0.15) is 11.8 Å². The van der Waals surface area contributed by atoms with E-state index in [1.54, 1.807) is 59.4 Å². The van der Waals surface area contributed by atoms with E-state index in [1.165, 1.54) is 6.92 Å². The van der Waals surface area contributed by atoms with Gasteiger partial charge in [0.2, 0.25) is 23.0 Å². The Morgan fingerprint density at radius 1 is 0.900 bits per heavy atom. The number of ether oxygens (including phenoxy) is 5. The maximum Gasteiger partial charge on any atom is 0.245 e. The molecule has 1 saturated heterocycles. The number of likely N-dealkylation sites (tertiary alicyclic amines) is 1. The molecule has 12 heteroatoms. The Morgan fingerprint density at radius 3 is 2.32 bits per heavy atom. The highest BCUT2D eigenvalue weighted by atomic mass is 32.2. The van der Waals surface area contributed by atoms with E-state index in [4.69, 9.17) is 23.7 Å². The van der Waals surface area contributed by atoms with E-state index >= 15 is 0 Å². The monoisotopic (exact) mass is 705 g/mol. The molecule has 11 nitrogen and oxygen atoms in total. The molecule has 1 heterocycles. The van der Waals surface area contributed by atoms with Gasteiger partial charge in [-0.3, -0.25) is 14.4 Å². The summed E-state index contributed by atoms with van der Waals surface area (Å²) in [7, 11) is 7.91. The maximum atomic E-state index is 14.4. The van der Waals surface area contributed by atoms with E-state index in [2.05, 4.69) is 10.6 Å². The lowest BCUT2D eigenvalue weighted by molar-refractivity contribution is -0.133. The average Bonchev–Trinajstić information content (AvgIpc) is 3.50. The van der Waals surface area contributed by atoms with Crippen molar-refractivity contribution in [3.05, 3.63) is 69.4 Å². The number of aryl methyl sites for hydroxylation is 1. The molecule has 3 atom stereocenters. The summed E-state index contributed by atoms with van der Waals surface area (Å²) in [5.41, 5.74) is 3.99. The number of carbonyl (C=O) groups excluding carboxylic acids is 2. The molecule has 0 spiro atoms. The Labute approximate surface area is 298 Å². The van der Waals surface area contributed by atoms with Gasteiger partial charge in [0, 0.05) is 30.7 Å². The molecule has 0 saturated carbocycles. The molecular formula is C38H47N3O8S. The van der Waals surface area contributed by atoms with Crippen molar-refractivity contribution in [2.24, 2.45) is 0 Å². The fourth-order valence-corrected chi connectivity index (χ4v) is 7.63. The molecule has 0 bridgehead atoms. The number of benzene rings is 2. The third-order valence-electron chi connectivity index (χ3n) is 9.49. The maximum absolute atomic E-state index is 14.4. The summed E-state index contributed by atoms with van der Waals surface area (Å²) in [5, 5.41) is 6.40. The van der Waals surface area contributed by atoms with Crippen LogP contribution in [0, 0.1) is 0 Å². The third-order valence-corrected chi connectivity index (χ3v) is 10.1. The number of nitrogens with zero attached hydrogens (tertiary/aromatic N) is 1. The Balaban J connectivity index is 1.58. The molecule has 2 aliphatic rings. The minimum Gasteiger partial charge on any atom is -0.497 e. The van der Waals surface area contributed by atoms with Gasteiger partial charge < -0.3 is 39.2 Å². The van der Waals surface area contributed by atoms with Crippen LogP contribution in [0.15, 0.2) is 47.3 Å². The van der Waals surface area contributed by atoms with Crippen LogP contribution in [-0.2, 0) is 16.0 Å². The number of thioether (sulfide) groups is 1. The van der Waals surface area contributed by atoms with Crippen LogP contribution in [0.2, 0.25) is 0 Å². The van der Waals surface area contributed by atoms with E-state index in [1.807, 2.05) is 41.5 Å². The minimum absolute atomic E-state index is 0.0770. The van der Waals surface area contributed by atoms with Gasteiger partial charge >= 0.3 is 0 Å². The number of rotatable bonds is 13. The number of anilines is 1. The molecule has 3 aromatic carbocycles. The number of fused-ring (bicyclic) bond motifs is 3. The zero-order chi connectivity index (χ0) is 35.9. The first-order valence-electron chi connectivity index (χ1n) is 16.7. The Morgan fingerprint density at radius 2 is 1.66 bits per heavy atom. The summed E-state index contributed by atoms with van der Waals surface area (Å²) in [6.07, 6.45) is 5.30. The summed E-state index contributed by atoms with van der Waals surface area (Å²) >= 11 is 1.64. The molecule has 1 fully saturated rings. The van der Waals surface area contributed by atoms with Gasteiger partial charge in [-0.05, 0) is 91.1 Å². The number of hydrogen-bond acceptors (Lipinski definition) is 10. The second kappa shape index (κ2) is 16.4. The van der Waals surface area contributed by atoms with E-state index < -0.39 is 12.1 Å². The van der Waals surface area contributed by atoms with Crippen molar-refractivity contribution in [1.82, 2.24) is 10.2 Å². The summed E-state index contributed by atoms with van der Waals surface area (Å²) in [4.78, 5) is 42.8. The predicted molar refractivity (Wildman–Crippen MR) is 196 cm³/mol.